The Morgan fingerprint density at radius 1 is 1.14 bits per heavy atom. The minimum atomic E-state index is 0.124. The van der Waals surface area contributed by atoms with Crippen LogP contribution in [0.2, 0.25) is 0 Å². The van der Waals surface area contributed by atoms with E-state index in [1.54, 1.807) is 0 Å². The van der Waals surface area contributed by atoms with Gasteiger partial charge in [-0.1, -0.05) is 0 Å². The van der Waals surface area contributed by atoms with Gasteiger partial charge >= 0.3 is 91.6 Å². The fourth-order valence-corrected chi connectivity index (χ4v) is 3.47. The molecule has 0 aliphatic rings. The number of H-pyrrole nitrogens is 2. The Labute approximate surface area is 91.7 Å². The van der Waals surface area contributed by atoms with Crippen LogP contribution in [0.5, 0.6) is 0 Å². The molecule has 2 nitrogen and oxygen atoms in total. The van der Waals surface area contributed by atoms with Crippen LogP contribution in [0.3, 0.4) is 0 Å². The second-order valence-electron chi connectivity index (χ2n) is 3.40. The van der Waals surface area contributed by atoms with Crippen LogP contribution < -0.4 is 8.58 Å². The van der Waals surface area contributed by atoms with Gasteiger partial charge in [-0.15, -0.1) is 0 Å². The summed E-state index contributed by atoms with van der Waals surface area (Å²) in [6.07, 6.45) is 1.99. The van der Waals surface area contributed by atoms with Gasteiger partial charge in [-0.2, -0.15) is 0 Å². The summed E-state index contributed by atoms with van der Waals surface area (Å²) in [5.74, 6) is 0. The first-order chi connectivity index (χ1) is 6.68. The molecule has 14 heavy (non-hydrogen) atoms. The molecule has 3 heteroatoms. The van der Waals surface area contributed by atoms with Gasteiger partial charge < -0.3 is 0 Å². The third-order valence-corrected chi connectivity index (χ3v) is 4.79. The Morgan fingerprint density at radius 3 is 2.43 bits per heavy atom. The predicted molar refractivity (Wildman–Crippen MR) is 55.1 cm³/mol. The SMILES string of the molecule is Cc1[nH][c]([Ru][c]2ccc[nH]2)c(C)c1C. The summed E-state index contributed by atoms with van der Waals surface area (Å²) < 4.78 is 2.76. The van der Waals surface area contributed by atoms with Gasteiger partial charge in [0.2, 0.25) is 0 Å². The van der Waals surface area contributed by atoms with Crippen LogP contribution in [-0.2, 0) is 17.1 Å². The zero-order valence-corrected chi connectivity index (χ0v) is 10.3. The van der Waals surface area contributed by atoms with Crippen LogP contribution in [0.25, 0.3) is 0 Å². The average molecular weight is 275 g/mol. The van der Waals surface area contributed by atoms with Crippen molar-refractivity contribution >= 4 is 8.58 Å². The van der Waals surface area contributed by atoms with Gasteiger partial charge in [0.1, 0.15) is 0 Å². The summed E-state index contributed by atoms with van der Waals surface area (Å²) in [6.45, 7) is 6.52. The average Bonchev–Trinajstić information content (AvgIpc) is 2.73. The van der Waals surface area contributed by atoms with E-state index in [0.29, 0.717) is 0 Å². The van der Waals surface area contributed by atoms with Gasteiger partial charge in [-0.25, -0.2) is 0 Å². The molecule has 0 aromatic carbocycles. The summed E-state index contributed by atoms with van der Waals surface area (Å²) in [5, 5.41) is 0. The van der Waals surface area contributed by atoms with Crippen LogP contribution in [0.15, 0.2) is 18.3 Å². The molecule has 0 bridgehead atoms. The van der Waals surface area contributed by atoms with Gasteiger partial charge in [0.15, 0.2) is 0 Å². The minimum absolute atomic E-state index is 0.124. The van der Waals surface area contributed by atoms with Crippen molar-refractivity contribution in [3.8, 4) is 0 Å². The third-order valence-electron chi connectivity index (χ3n) is 2.48. The number of aromatic amines is 2. The Kier molecular flexibility index (Phi) is 2.60. The molecule has 0 radical (unpaired) electrons. The summed E-state index contributed by atoms with van der Waals surface area (Å²) in [6, 6.07) is 4.21. The van der Waals surface area contributed by atoms with Crippen molar-refractivity contribution in [2.24, 2.45) is 0 Å². The molecule has 0 saturated carbocycles. The molecule has 2 aromatic rings. The Morgan fingerprint density at radius 2 is 1.93 bits per heavy atom. The normalized spacial score (nSPS) is 11.1. The topological polar surface area (TPSA) is 31.6 Å². The van der Waals surface area contributed by atoms with E-state index >= 15 is 0 Å². The van der Waals surface area contributed by atoms with E-state index in [1.807, 2.05) is 6.20 Å². The first-order valence-electron chi connectivity index (χ1n) is 4.60. The maximum atomic E-state index is 3.47. The van der Waals surface area contributed by atoms with E-state index in [9.17, 15) is 0 Å². The first kappa shape index (κ1) is 9.73. The number of rotatable bonds is 2. The summed E-state index contributed by atoms with van der Waals surface area (Å²) in [4.78, 5) is 6.73. The zero-order valence-electron chi connectivity index (χ0n) is 8.59. The summed E-state index contributed by atoms with van der Waals surface area (Å²) in [5.41, 5.74) is 4.13. The van der Waals surface area contributed by atoms with Gasteiger partial charge in [0, 0.05) is 0 Å². The standard InChI is InChI=1S/C7H10N.C4H4N.Ru/c1-5-4-8-7(3)6(5)2;1-2-4-5-3-1;/h8H,1-3H3;1-3,5H;. The second kappa shape index (κ2) is 3.74. The Bertz CT molecular complexity index is 426. The monoisotopic (exact) mass is 276 g/mol. The van der Waals surface area contributed by atoms with Crippen molar-refractivity contribution in [1.29, 1.82) is 0 Å². The first-order valence-corrected chi connectivity index (χ1v) is 6.34. The second-order valence-corrected chi connectivity index (χ2v) is 5.63. The summed E-state index contributed by atoms with van der Waals surface area (Å²) in [7, 11) is 0. The van der Waals surface area contributed by atoms with E-state index in [4.69, 9.17) is 0 Å². The zero-order chi connectivity index (χ0) is 10.1. The van der Waals surface area contributed by atoms with E-state index in [2.05, 4.69) is 42.9 Å². The van der Waals surface area contributed by atoms with E-state index in [-0.39, 0.29) is 17.1 Å². The molecule has 0 amide bonds. The van der Waals surface area contributed by atoms with Gasteiger partial charge in [0.05, 0.1) is 0 Å². The van der Waals surface area contributed by atoms with Crippen molar-refractivity contribution < 1.29 is 17.1 Å². The van der Waals surface area contributed by atoms with Crippen LogP contribution in [0.4, 0.5) is 0 Å². The molecule has 0 unspecified atom stereocenters. The van der Waals surface area contributed by atoms with Crippen molar-refractivity contribution in [1.82, 2.24) is 9.97 Å². The molecule has 0 spiro atoms. The molecule has 76 valence electrons. The molecule has 2 N–H and O–H groups in total. The number of hydrogen-bond acceptors (Lipinski definition) is 0. The Balaban J connectivity index is 2.30. The quantitative estimate of drug-likeness (QED) is 0.774. The van der Waals surface area contributed by atoms with E-state index < -0.39 is 0 Å². The van der Waals surface area contributed by atoms with E-state index in [0.717, 1.165) is 0 Å². The molecule has 0 fully saturated rings. The van der Waals surface area contributed by atoms with Crippen molar-refractivity contribution in [2.45, 2.75) is 20.8 Å². The van der Waals surface area contributed by atoms with Crippen LogP contribution in [0.1, 0.15) is 16.8 Å². The van der Waals surface area contributed by atoms with Crippen LogP contribution in [-0.4, -0.2) is 9.97 Å². The van der Waals surface area contributed by atoms with Crippen molar-refractivity contribution in [2.75, 3.05) is 0 Å². The third kappa shape index (κ3) is 1.69. The van der Waals surface area contributed by atoms with E-state index in [1.165, 1.54) is 25.4 Å². The molecular formula is C11H14N2Ru. The fraction of sp³-hybridized carbons (Fsp3) is 0.273. The van der Waals surface area contributed by atoms with Crippen molar-refractivity contribution in [3.05, 3.63) is 35.2 Å². The molecule has 0 aliphatic carbocycles. The number of hydrogen-bond donors (Lipinski definition) is 2. The number of aromatic nitrogens is 2. The Hall–Kier alpha value is -0.817. The molecule has 2 aromatic heterocycles. The van der Waals surface area contributed by atoms with Gasteiger partial charge in [-0.3, -0.25) is 0 Å². The predicted octanol–water partition coefficient (Wildman–Crippen LogP) is 1.30. The molecule has 0 aliphatic heterocycles. The molecule has 0 atom stereocenters. The number of aryl methyl sites for hydroxylation is 1. The fourth-order valence-electron chi connectivity index (χ4n) is 1.33. The molecular weight excluding hydrogens is 261 g/mol. The maximum absolute atomic E-state index is 3.47. The van der Waals surface area contributed by atoms with Crippen LogP contribution >= 0.6 is 0 Å². The molecule has 0 saturated heterocycles. The summed E-state index contributed by atoms with van der Waals surface area (Å²) >= 11 is 0.124. The van der Waals surface area contributed by atoms with Gasteiger partial charge in [-0.05, 0) is 0 Å². The molecule has 2 heterocycles. The van der Waals surface area contributed by atoms with Crippen LogP contribution in [0, 0.1) is 20.8 Å². The van der Waals surface area contributed by atoms with Crippen molar-refractivity contribution in [3.63, 3.8) is 0 Å². The van der Waals surface area contributed by atoms with Gasteiger partial charge in [0.25, 0.3) is 0 Å². The number of nitrogens with one attached hydrogen (secondary N) is 2. The molecule has 2 rings (SSSR count).